The van der Waals surface area contributed by atoms with Crippen molar-refractivity contribution < 1.29 is 0 Å². The molecule has 0 saturated heterocycles. The molecule has 0 aliphatic heterocycles. The van der Waals surface area contributed by atoms with Crippen molar-refractivity contribution in [1.29, 1.82) is 0 Å². The Labute approximate surface area is 140 Å². The summed E-state index contributed by atoms with van der Waals surface area (Å²) in [5, 5.41) is 8.85. The lowest BCUT2D eigenvalue weighted by Crippen LogP contribution is -2.31. The van der Waals surface area contributed by atoms with Gasteiger partial charge >= 0.3 is 0 Å². The number of rotatable bonds is 4. The molecular formula is C18H16N4S. The molecule has 23 heavy (non-hydrogen) atoms. The largest absolute Gasteiger partial charge is 0.357 e. The first-order valence-electron chi connectivity index (χ1n) is 7.27. The molecule has 2 aromatic carbocycles. The molecule has 3 aromatic rings. The third-order valence-corrected chi connectivity index (χ3v) is 3.54. The fraction of sp³-hybridized carbons (Fsp3) is 0.0556. The number of nitrogens with zero attached hydrogens (tertiary/aromatic N) is 2. The molecule has 0 aliphatic carbocycles. The van der Waals surface area contributed by atoms with Gasteiger partial charge in [0.25, 0.3) is 0 Å². The van der Waals surface area contributed by atoms with E-state index in [9.17, 15) is 0 Å². The van der Waals surface area contributed by atoms with Crippen LogP contribution in [0.4, 0.5) is 0 Å². The molecular weight excluding hydrogens is 304 g/mol. The van der Waals surface area contributed by atoms with Gasteiger partial charge in [-0.2, -0.15) is 5.10 Å². The number of hydrazone groups is 1. The summed E-state index contributed by atoms with van der Waals surface area (Å²) in [6, 6.07) is 20.0. The van der Waals surface area contributed by atoms with E-state index >= 15 is 0 Å². The molecule has 4 nitrogen and oxygen atoms in total. The molecule has 3 rings (SSSR count). The summed E-state index contributed by atoms with van der Waals surface area (Å²) in [6.07, 6.45) is 3.53. The molecule has 0 saturated carbocycles. The number of aromatic nitrogens is 1. The number of benzene rings is 2. The van der Waals surface area contributed by atoms with Crippen molar-refractivity contribution >= 4 is 34.4 Å². The fourth-order valence-corrected chi connectivity index (χ4v) is 2.28. The Bertz CT molecular complexity index is 831. The minimum absolute atomic E-state index is 0.493. The lowest BCUT2D eigenvalue weighted by molar-refractivity contribution is 0.869. The molecule has 0 fully saturated rings. The van der Waals surface area contributed by atoms with E-state index in [-0.39, 0.29) is 0 Å². The van der Waals surface area contributed by atoms with Crippen LogP contribution in [0.2, 0.25) is 0 Å². The Kier molecular flexibility index (Phi) is 4.91. The van der Waals surface area contributed by atoms with Crippen LogP contribution >= 0.6 is 12.2 Å². The van der Waals surface area contributed by atoms with Gasteiger partial charge in [-0.3, -0.25) is 10.4 Å². The highest BCUT2D eigenvalue weighted by molar-refractivity contribution is 7.80. The van der Waals surface area contributed by atoms with E-state index < -0.39 is 0 Å². The molecule has 1 aromatic heterocycles. The SMILES string of the molecule is S=C(NCc1ccccc1)N/N=C\c1ccc2ncccc2c1. The van der Waals surface area contributed by atoms with Crippen molar-refractivity contribution in [2.45, 2.75) is 6.54 Å². The quantitative estimate of drug-likeness (QED) is 0.440. The third-order valence-electron chi connectivity index (χ3n) is 3.30. The normalized spacial score (nSPS) is 10.8. The van der Waals surface area contributed by atoms with Crippen LogP contribution in [0.3, 0.4) is 0 Å². The lowest BCUT2D eigenvalue weighted by atomic mass is 10.1. The maximum Gasteiger partial charge on any atom is 0.187 e. The molecule has 0 aliphatic rings. The molecule has 1 heterocycles. The van der Waals surface area contributed by atoms with Crippen molar-refractivity contribution in [1.82, 2.24) is 15.7 Å². The Hall–Kier alpha value is -2.79. The standard InChI is InChI=1S/C18H16N4S/c23-18(20-12-14-5-2-1-3-6-14)22-21-13-15-8-9-17-16(11-15)7-4-10-19-17/h1-11,13H,12H2,(H2,20,22,23)/b21-13-. The van der Waals surface area contributed by atoms with Crippen LogP contribution in [0.25, 0.3) is 10.9 Å². The van der Waals surface area contributed by atoms with Gasteiger partial charge in [-0.05, 0) is 41.5 Å². The minimum atomic E-state index is 0.493. The second-order valence-electron chi connectivity index (χ2n) is 4.99. The van der Waals surface area contributed by atoms with Gasteiger partial charge in [-0.25, -0.2) is 0 Å². The van der Waals surface area contributed by atoms with E-state index in [0.717, 1.165) is 16.5 Å². The molecule has 0 spiro atoms. The predicted molar refractivity (Wildman–Crippen MR) is 98.4 cm³/mol. The van der Waals surface area contributed by atoms with E-state index in [4.69, 9.17) is 12.2 Å². The Morgan fingerprint density at radius 3 is 2.83 bits per heavy atom. The van der Waals surface area contributed by atoms with Gasteiger partial charge in [0.2, 0.25) is 0 Å². The van der Waals surface area contributed by atoms with Crippen LogP contribution in [0.1, 0.15) is 11.1 Å². The van der Waals surface area contributed by atoms with Crippen LogP contribution in [0, 0.1) is 0 Å². The first kappa shape index (κ1) is 15.1. The monoisotopic (exact) mass is 320 g/mol. The van der Waals surface area contributed by atoms with Gasteiger partial charge in [0.1, 0.15) is 0 Å². The molecule has 0 amide bonds. The molecule has 0 unspecified atom stereocenters. The molecule has 114 valence electrons. The predicted octanol–water partition coefficient (Wildman–Crippen LogP) is 3.23. The van der Waals surface area contributed by atoms with E-state index in [0.29, 0.717) is 11.7 Å². The first-order valence-corrected chi connectivity index (χ1v) is 7.68. The second kappa shape index (κ2) is 7.47. The van der Waals surface area contributed by atoms with E-state index in [2.05, 4.69) is 20.8 Å². The summed E-state index contributed by atoms with van der Waals surface area (Å²) in [5.41, 5.74) is 5.95. The summed E-state index contributed by atoms with van der Waals surface area (Å²) in [6.45, 7) is 0.670. The smallest absolute Gasteiger partial charge is 0.187 e. The van der Waals surface area contributed by atoms with Gasteiger partial charge in [-0.15, -0.1) is 0 Å². The summed E-state index contributed by atoms with van der Waals surface area (Å²) < 4.78 is 0. The van der Waals surface area contributed by atoms with Crippen molar-refractivity contribution in [2.75, 3.05) is 0 Å². The van der Waals surface area contributed by atoms with Gasteiger partial charge in [0.05, 0.1) is 11.7 Å². The number of hydrogen-bond donors (Lipinski definition) is 2. The van der Waals surface area contributed by atoms with Gasteiger partial charge < -0.3 is 5.32 Å². The summed E-state index contributed by atoms with van der Waals surface area (Å²) in [5.74, 6) is 0. The van der Waals surface area contributed by atoms with Crippen LogP contribution in [-0.4, -0.2) is 16.3 Å². The highest BCUT2D eigenvalue weighted by atomic mass is 32.1. The van der Waals surface area contributed by atoms with Crippen LogP contribution in [-0.2, 0) is 6.54 Å². The highest BCUT2D eigenvalue weighted by Gasteiger charge is 1.96. The molecule has 0 radical (unpaired) electrons. The third kappa shape index (κ3) is 4.34. The zero-order valence-corrected chi connectivity index (χ0v) is 13.3. The lowest BCUT2D eigenvalue weighted by Gasteiger charge is -2.06. The molecule has 5 heteroatoms. The maximum atomic E-state index is 5.20. The van der Waals surface area contributed by atoms with Crippen molar-refractivity contribution in [3.63, 3.8) is 0 Å². The van der Waals surface area contributed by atoms with Gasteiger partial charge in [-0.1, -0.05) is 42.5 Å². The number of hydrogen-bond acceptors (Lipinski definition) is 3. The molecule has 0 atom stereocenters. The summed E-state index contributed by atoms with van der Waals surface area (Å²) in [7, 11) is 0. The Balaban J connectivity index is 1.54. The molecule has 2 N–H and O–H groups in total. The topological polar surface area (TPSA) is 49.3 Å². The van der Waals surface area contributed by atoms with Crippen molar-refractivity contribution in [3.05, 3.63) is 78.0 Å². The van der Waals surface area contributed by atoms with Gasteiger partial charge in [0.15, 0.2) is 5.11 Å². The van der Waals surface area contributed by atoms with E-state index in [1.165, 1.54) is 5.56 Å². The maximum absolute atomic E-state index is 5.20. The van der Waals surface area contributed by atoms with Crippen molar-refractivity contribution in [2.24, 2.45) is 5.10 Å². The fourth-order valence-electron chi connectivity index (χ4n) is 2.16. The Morgan fingerprint density at radius 2 is 1.96 bits per heavy atom. The van der Waals surface area contributed by atoms with Gasteiger partial charge in [0, 0.05) is 18.1 Å². The average Bonchev–Trinajstić information content (AvgIpc) is 2.61. The van der Waals surface area contributed by atoms with Crippen LogP contribution in [0.15, 0.2) is 72.0 Å². The number of pyridine rings is 1. The number of fused-ring (bicyclic) bond motifs is 1. The summed E-state index contributed by atoms with van der Waals surface area (Å²) >= 11 is 5.20. The number of thiocarbonyl (C=S) groups is 1. The average molecular weight is 320 g/mol. The minimum Gasteiger partial charge on any atom is -0.357 e. The Morgan fingerprint density at radius 1 is 1.09 bits per heavy atom. The van der Waals surface area contributed by atoms with E-state index in [1.807, 2.05) is 60.7 Å². The first-order chi connectivity index (χ1) is 11.3. The number of nitrogens with one attached hydrogen (secondary N) is 2. The van der Waals surface area contributed by atoms with E-state index in [1.54, 1.807) is 12.4 Å². The van der Waals surface area contributed by atoms with Crippen LogP contribution in [0.5, 0.6) is 0 Å². The summed E-state index contributed by atoms with van der Waals surface area (Å²) in [4.78, 5) is 4.29. The zero-order chi connectivity index (χ0) is 15.9. The van der Waals surface area contributed by atoms with Crippen LogP contribution < -0.4 is 10.7 Å². The zero-order valence-electron chi connectivity index (χ0n) is 12.4. The highest BCUT2D eigenvalue weighted by Crippen LogP contribution is 2.11. The second-order valence-corrected chi connectivity index (χ2v) is 5.40. The molecule has 0 bridgehead atoms. The van der Waals surface area contributed by atoms with Crippen molar-refractivity contribution in [3.8, 4) is 0 Å².